The summed E-state index contributed by atoms with van der Waals surface area (Å²) in [4.78, 5) is 11.7. The highest BCUT2D eigenvalue weighted by Crippen LogP contribution is 2.28. The van der Waals surface area contributed by atoms with E-state index in [9.17, 15) is 4.79 Å². The molecule has 1 saturated carbocycles. The van der Waals surface area contributed by atoms with Crippen molar-refractivity contribution in [3.05, 3.63) is 0 Å². The van der Waals surface area contributed by atoms with E-state index in [1.807, 2.05) is 34.6 Å². The van der Waals surface area contributed by atoms with Crippen molar-refractivity contribution in [1.29, 1.82) is 0 Å². The molecule has 0 spiro atoms. The lowest BCUT2D eigenvalue weighted by atomic mass is 9.97. The van der Waals surface area contributed by atoms with Gasteiger partial charge in [0.1, 0.15) is 0 Å². The Morgan fingerprint density at radius 2 is 1.73 bits per heavy atom. The lowest BCUT2D eigenvalue weighted by Gasteiger charge is -2.24. The monoisotopic (exact) mass is 208 g/mol. The van der Waals surface area contributed by atoms with Crippen LogP contribution in [0.4, 0.5) is 0 Å². The minimum absolute atomic E-state index is 0.197. The number of hydrogen-bond acceptors (Lipinski definition) is 2. The standard InChI is InChI=1S/C13H20O2/c1-12(2,3)11(14)15-13(4,5)9-8-10-6-7-10/h10H,6-7H2,1-5H3. The fourth-order valence-corrected chi connectivity index (χ4v) is 0.914. The van der Waals surface area contributed by atoms with Gasteiger partial charge in [-0.05, 0) is 47.5 Å². The highest BCUT2D eigenvalue weighted by atomic mass is 16.6. The van der Waals surface area contributed by atoms with Crippen molar-refractivity contribution in [2.45, 2.75) is 53.1 Å². The van der Waals surface area contributed by atoms with Gasteiger partial charge in [0.15, 0.2) is 5.60 Å². The second-order valence-corrected chi connectivity index (χ2v) is 5.69. The first-order valence-electron chi connectivity index (χ1n) is 5.47. The van der Waals surface area contributed by atoms with Crippen LogP contribution in [0, 0.1) is 23.2 Å². The molecule has 0 saturated heterocycles. The Kier molecular flexibility index (Phi) is 3.13. The first-order chi connectivity index (χ1) is 6.71. The molecule has 1 aliphatic carbocycles. The van der Waals surface area contributed by atoms with Gasteiger partial charge in [-0.1, -0.05) is 11.8 Å². The number of hydrogen-bond donors (Lipinski definition) is 0. The molecule has 0 aromatic heterocycles. The second kappa shape index (κ2) is 3.89. The second-order valence-electron chi connectivity index (χ2n) is 5.69. The van der Waals surface area contributed by atoms with E-state index < -0.39 is 11.0 Å². The predicted molar refractivity (Wildman–Crippen MR) is 60.1 cm³/mol. The molecule has 0 N–H and O–H groups in total. The van der Waals surface area contributed by atoms with Crippen LogP contribution in [-0.2, 0) is 9.53 Å². The third-order valence-electron chi connectivity index (χ3n) is 2.11. The first kappa shape index (κ1) is 12.1. The Morgan fingerprint density at radius 3 is 2.13 bits per heavy atom. The number of esters is 1. The number of carbonyl (C=O) groups is 1. The van der Waals surface area contributed by atoms with Gasteiger partial charge in [0.2, 0.25) is 0 Å². The summed E-state index contributed by atoms with van der Waals surface area (Å²) in [5.41, 5.74) is -1.12. The normalized spacial score (nSPS) is 16.6. The molecule has 0 aromatic carbocycles. The minimum Gasteiger partial charge on any atom is -0.446 e. The van der Waals surface area contributed by atoms with Crippen LogP contribution in [0.5, 0.6) is 0 Å². The molecule has 0 aromatic rings. The third-order valence-corrected chi connectivity index (χ3v) is 2.11. The van der Waals surface area contributed by atoms with Crippen molar-refractivity contribution in [1.82, 2.24) is 0 Å². The molecule has 15 heavy (non-hydrogen) atoms. The minimum atomic E-state index is -0.660. The summed E-state index contributed by atoms with van der Waals surface area (Å²) in [6, 6.07) is 0. The Hall–Kier alpha value is -0.970. The molecule has 1 fully saturated rings. The maximum Gasteiger partial charge on any atom is 0.312 e. The average Bonchev–Trinajstić information content (AvgIpc) is 2.81. The Balaban J connectivity index is 2.56. The molecule has 84 valence electrons. The van der Waals surface area contributed by atoms with Gasteiger partial charge in [0, 0.05) is 5.92 Å². The zero-order valence-electron chi connectivity index (χ0n) is 10.3. The lowest BCUT2D eigenvalue weighted by Crippen LogP contribution is -2.33. The predicted octanol–water partition coefficient (Wildman–Crippen LogP) is 2.77. The maximum absolute atomic E-state index is 11.7. The largest absolute Gasteiger partial charge is 0.446 e. The molecule has 0 heterocycles. The molecule has 2 heteroatoms. The lowest BCUT2D eigenvalue weighted by molar-refractivity contribution is -0.161. The molecule has 0 aliphatic heterocycles. The summed E-state index contributed by atoms with van der Waals surface area (Å²) in [6.07, 6.45) is 2.38. The average molecular weight is 208 g/mol. The highest BCUT2D eigenvalue weighted by molar-refractivity contribution is 5.76. The van der Waals surface area contributed by atoms with E-state index in [1.54, 1.807) is 0 Å². The van der Waals surface area contributed by atoms with Crippen LogP contribution < -0.4 is 0 Å². The van der Waals surface area contributed by atoms with Crippen LogP contribution in [0.25, 0.3) is 0 Å². The Morgan fingerprint density at radius 1 is 1.20 bits per heavy atom. The SMILES string of the molecule is CC(C)(C#CC1CC1)OC(=O)C(C)(C)C. The highest BCUT2D eigenvalue weighted by Gasteiger charge is 2.29. The van der Waals surface area contributed by atoms with Crippen LogP contribution in [-0.4, -0.2) is 11.6 Å². The molecule has 1 rings (SSSR count). The van der Waals surface area contributed by atoms with Gasteiger partial charge < -0.3 is 4.74 Å². The van der Waals surface area contributed by atoms with Crippen LogP contribution in [0.3, 0.4) is 0 Å². The van der Waals surface area contributed by atoms with Gasteiger partial charge in [-0.2, -0.15) is 0 Å². The van der Waals surface area contributed by atoms with Crippen molar-refractivity contribution in [2.75, 3.05) is 0 Å². The molecule has 0 atom stereocenters. The van der Waals surface area contributed by atoms with E-state index in [1.165, 1.54) is 12.8 Å². The van der Waals surface area contributed by atoms with Crippen LogP contribution in [0.1, 0.15) is 47.5 Å². The molecule has 0 amide bonds. The first-order valence-corrected chi connectivity index (χ1v) is 5.47. The summed E-state index contributed by atoms with van der Waals surface area (Å²) in [7, 11) is 0. The van der Waals surface area contributed by atoms with Crippen molar-refractivity contribution < 1.29 is 9.53 Å². The van der Waals surface area contributed by atoms with Crippen molar-refractivity contribution in [3.8, 4) is 11.8 Å². The summed E-state index contributed by atoms with van der Waals surface area (Å²) in [5, 5.41) is 0. The molecule has 2 nitrogen and oxygen atoms in total. The van der Waals surface area contributed by atoms with Crippen molar-refractivity contribution in [3.63, 3.8) is 0 Å². The molecular formula is C13H20O2. The van der Waals surface area contributed by atoms with Gasteiger partial charge in [0.25, 0.3) is 0 Å². The van der Waals surface area contributed by atoms with E-state index in [4.69, 9.17) is 4.74 Å². The summed E-state index contributed by atoms with van der Waals surface area (Å²) >= 11 is 0. The summed E-state index contributed by atoms with van der Waals surface area (Å²) in [6.45, 7) is 9.22. The summed E-state index contributed by atoms with van der Waals surface area (Å²) < 4.78 is 5.37. The molecule has 0 bridgehead atoms. The summed E-state index contributed by atoms with van der Waals surface area (Å²) in [5.74, 6) is 6.50. The smallest absolute Gasteiger partial charge is 0.312 e. The zero-order valence-corrected chi connectivity index (χ0v) is 10.3. The van der Waals surface area contributed by atoms with Gasteiger partial charge in [0.05, 0.1) is 5.41 Å². The van der Waals surface area contributed by atoms with Gasteiger partial charge in [-0.25, -0.2) is 0 Å². The fourth-order valence-electron chi connectivity index (χ4n) is 0.914. The van der Waals surface area contributed by atoms with Gasteiger partial charge >= 0.3 is 5.97 Å². The number of ether oxygens (including phenoxy) is 1. The molecular weight excluding hydrogens is 188 g/mol. The number of carbonyl (C=O) groups excluding carboxylic acids is 1. The van der Waals surface area contributed by atoms with Crippen LogP contribution >= 0.6 is 0 Å². The van der Waals surface area contributed by atoms with Gasteiger partial charge in [-0.3, -0.25) is 4.79 Å². The van der Waals surface area contributed by atoms with Crippen molar-refractivity contribution in [2.24, 2.45) is 11.3 Å². The van der Waals surface area contributed by atoms with E-state index in [2.05, 4.69) is 11.8 Å². The Bertz CT molecular complexity index is 306. The van der Waals surface area contributed by atoms with E-state index >= 15 is 0 Å². The maximum atomic E-state index is 11.7. The molecule has 0 radical (unpaired) electrons. The van der Waals surface area contributed by atoms with E-state index in [0.717, 1.165) is 0 Å². The van der Waals surface area contributed by atoms with Crippen LogP contribution in [0.15, 0.2) is 0 Å². The van der Waals surface area contributed by atoms with E-state index in [0.29, 0.717) is 5.92 Å². The molecule has 0 unspecified atom stereocenters. The topological polar surface area (TPSA) is 26.3 Å². The quantitative estimate of drug-likeness (QED) is 0.489. The van der Waals surface area contributed by atoms with Crippen LogP contribution in [0.2, 0.25) is 0 Å². The van der Waals surface area contributed by atoms with Crippen molar-refractivity contribution >= 4 is 5.97 Å². The third kappa shape index (κ3) is 4.38. The fraction of sp³-hybridized carbons (Fsp3) is 0.769. The molecule has 1 aliphatic rings. The van der Waals surface area contributed by atoms with Gasteiger partial charge in [-0.15, -0.1) is 0 Å². The Labute approximate surface area is 92.4 Å². The number of rotatable bonds is 1. The van der Waals surface area contributed by atoms with E-state index in [-0.39, 0.29) is 5.97 Å². The zero-order chi connectivity index (χ0) is 11.7.